The maximum atomic E-state index is 5.96. The largest absolute Gasteiger partial charge is 0.398 e. The van der Waals surface area contributed by atoms with Crippen molar-refractivity contribution >= 4 is 11.3 Å². The average Bonchev–Trinajstić information content (AvgIpc) is 2.26. The number of rotatable bonds is 5. The van der Waals surface area contributed by atoms with Gasteiger partial charge in [0.15, 0.2) is 0 Å². The molecule has 0 aliphatic rings. The van der Waals surface area contributed by atoms with E-state index in [4.69, 9.17) is 5.73 Å². The lowest BCUT2D eigenvalue weighted by Gasteiger charge is -2.08. The third-order valence-electron chi connectivity index (χ3n) is 2.64. The molecule has 1 heteroatoms. The quantitative estimate of drug-likeness (QED) is 0.562. The van der Waals surface area contributed by atoms with Crippen LogP contribution in [0.4, 0.5) is 5.69 Å². The molecule has 0 heterocycles. The summed E-state index contributed by atoms with van der Waals surface area (Å²) in [6.45, 7) is 4.40. The molecule has 0 spiro atoms. The second-order valence-electron chi connectivity index (χ2n) is 3.81. The van der Waals surface area contributed by atoms with Gasteiger partial charge in [-0.3, -0.25) is 0 Å². The summed E-state index contributed by atoms with van der Waals surface area (Å²) < 4.78 is 0. The van der Waals surface area contributed by atoms with Crippen molar-refractivity contribution in [3.8, 4) is 0 Å². The van der Waals surface area contributed by atoms with Gasteiger partial charge in [-0.1, -0.05) is 51.0 Å². The van der Waals surface area contributed by atoms with Gasteiger partial charge in [-0.25, -0.2) is 0 Å². The molecule has 0 radical (unpaired) electrons. The van der Waals surface area contributed by atoms with E-state index in [-0.39, 0.29) is 0 Å². The molecule has 0 unspecified atom stereocenters. The van der Waals surface area contributed by atoms with Crippen LogP contribution in [0.15, 0.2) is 30.3 Å². The lowest BCUT2D eigenvalue weighted by atomic mass is 10.00. The summed E-state index contributed by atoms with van der Waals surface area (Å²) in [6.07, 6.45) is 7.05. The van der Waals surface area contributed by atoms with Crippen LogP contribution >= 0.6 is 0 Å². The maximum Gasteiger partial charge on any atom is 0.0390 e. The standard InChI is InChI=1S/C14H21N/c1-3-5-6-9-12(4-2)13-10-7-8-11-14(13)15/h7-11H,3-6,15H2,1-2H3/b12-9+. The van der Waals surface area contributed by atoms with Crippen molar-refractivity contribution in [2.75, 3.05) is 5.73 Å². The topological polar surface area (TPSA) is 26.0 Å². The van der Waals surface area contributed by atoms with Crippen LogP contribution in [0.3, 0.4) is 0 Å². The van der Waals surface area contributed by atoms with E-state index in [1.54, 1.807) is 0 Å². The smallest absolute Gasteiger partial charge is 0.0390 e. The van der Waals surface area contributed by atoms with Crippen LogP contribution in [-0.2, 0) is 0 Å². The number of hydrogen-bond donors (Lipinski definition) is 1. The first-order valence-electron chi connectivity index (χ1n) is 5.83. The fourth-order valence-corrected chi connectivity index (χ4v) is 1.71. The van der Waals surface area contributed by atoms with Gasteiger partial charge in [0.2, 0.25) is 0 Å². The maximum absolute atomic E-state index is 5.96. The normalized spacial score (nSPS) is 11.7. The molecule has 0 saturated heterocycles. The molecule has 1 rings (SSSR count). The molecule has 2 N–H and O–H groups in total. The van der Waals surface area contributed by atoms with Crippen molar-refractivity contribution in [1.29, 1.82) is 0 Å². The Morgan fingerprint density at radius 2 is 2.00 bits per heavy atom. The van der Waals surface area contributed by atoms with Gasteiger partial charge in [0.25, 0.3) is 0 Å². The zero-order valence-corrected chi connectivity index (χ0v) is 9.79. The highest BCUT2D eigenvalue weighted by Crippen LogP contribution is 2.24. The Kier molecular flexibility index (Phi) is 4.96. The van der Waals surface area contributed by atoms with Gasteiger partial charge >= 0.3 is 0 Å². The van der Waals surface area contributed by atoms with E-state index in [2.05, 4.69) is 32.1 Å². The highest BCUT2D eigenvalue weighted by atomic mass is 14.6. The molecule has 0 amide bonds. The number of allylic oxidation sites excluding steroid dienone is 2. The van der Waals surface area contributed by atoms with Gasteiger partial charge in [0.05, 0.1) is 0 Å². The third-order valence-corrected chi connectivity index (χ3v) is 2.64. The Hall–Kier alpha value is -1.24. The molecule has 0 aliphatic heterocycles. The van der Waals surface area contributed by atoms with Gasteiger partial charge in [-0.05, 0) is 24.5 Å². The Balaban J connectivity index is 2.83. The van der Waals surface area contributed by atoms with Gasteiger partial charge in [0.1, 0.15) is 0 Å². The second-order valence-corrected chi connectivity index (χ2v) is 3.81. The number of benzene rings is 1. The molecule has 1 aromatic carbocycles. The van der Waals surface area contributed by atoms with E-state index in [0.29, 0.717) is 0 Å². The molecule has 15 heavy (non-hydrogen) atoms. The van der Waals surface area contributed by atoms with Crippen LogP contribution in [0, 0.1) is 0 Å². The van der Waals surface area contributed by atoms with E-state index < -0.39 is 0 Å². The Morgan fingerprint density at radius 1 is 1.27 bits per heavy atom. The molecule has 0 aromatic heterocycles. The van der Waals surface area contributed by atoms with E-state index in [1.807, 2.05) is 12.1 Å². The van der Waals surface area contributed by atoms with E-state index in [9.17, 15) is 0 Å². The fourth-order valence-electron chi connectivity index (χ4n) is 1.71. The zero-order chi connectivity index (χ0) is 11.1. The molecule has 82 valence electrons. The van der Waals surface area contributed by atoms with Gasteiger partial charge < -0.3 is 5.73 Å². The number of anilines is 1. The lowest BCUT2D eigenvalue weighted by Crippen LogP contribution is -1.92. The molecule has 0 aliphatic carbocycles. The van der Waals surface area contributed by atoms with Gasteiger partial charge in [-0.2, -0.15) is 0 Å². The van der Waals surface area contributed by atoms with Crippen molar-refractivity contribution in [3.05, 3.63) is 35.9 Å². The third kappa shape index (κ3) is 3.43. The molecule has 1 aromatic rings. The summed E-state index contributed by atoms with van der Waals surface area (Å²) in [5.41, 5.74) is 9.43. The minimum atomic E-state index is 0.891. The van der Waals surface area contributed by atoms with Crippen LogP contribution in [0.25, 0.3) is 5.57 Å². The van der Waals surface area contributed by atoms with Crippen LogP contribution < -0.4 is 5.73 Å². The Morgan fingerprint density at radius 3 is 2.60 bits per heavy atom. The Labute approximate surface area is 93.0 Å². The van der Waals surface area contributed by atoms with Crippen LogP contribution in [0.2, 0.25) is 0 Å². The van der Waals surface area contributed by atoms with Crippen molar-refractivity contribution in [2.24, 2.45) is 0 Å². The van der Waals surface area contributed by atoms with Crippen molar-refractivity contribution < 1.29 is 0 Å². The first kappa shape index (κ1) is 11.8. The summed E-state index contributed by atoms with van der Waals surface area (Å²) in [5.74, 6) is 0. The fraction of sp³-hybridized carbons (Fsp3) is 0.429. The summed E-state index contributed by atoms with van der Waals surface area (Å²) >= 11 is 0. The summed E-state index contributed by atoms with van der Waals surface area (Å²) in [6, 6.07) is 8.11. The predicted molar refractivity (Wildman–Crippen MR) is 68.6 cm³/mol. The second kappa shape index (κ2) is 6.28. The molecule has 0 atom stereocenters. The SMILES string of the molecule is CCCC/C=C(\CC)c1ccccc1N. The van der Waals surface area contributed by atoms with Crippen LogP contribution in [0.5, 0.6) is 0 Å². The zero-order valence-electron chi connectivity index (χ0n) is 9.79. The first-order valence-corrected chi connectivity index (χ1v) is 5.83. The number of para-hydroxylation sites is 1. The number of unbranched alkanes of at least 4 members (excludes halogenated alkanes) is 2. The minimum absolute atomic E-state index is 0.891. The van der Waals surface area contributed by atoms with Gasteiger partial charge in [0, 0.05) is 11.3 Å². The number of nitrogen functional groups attached to an aromatic ring is 1. The number of hydrogen-bond acceptors (Lipinski definition) is 1. The molecule has 1 nitrogen and oxygen atoms in total. The van der Waals surface area contributed by atoms with Crippen LogP contribution in [0.1, 0.15) is 45.1 Å². The monoisotopic (exact) mass is 203 g/mol. The van der Waals surface area contributed by atoms with Gasteiger partial charge in [-0.15, -0.1) is 0 Å². The average molecular weight is 203 g/mol. The lowest BCUT2D eigenvalue weighted by molar-refractivity contribution is 0.814. The predicted octanol–water partition coefficient (Wildman–Crippen LogP) is 4.25. The Bertz CT molecular complexity index is 326. The minimum Gasteiger partial charge on any atom is -0.398 e. The molecular formula is C14H21N. The molecule has 0 bridgehead atoms. The number of nitrogens with two attached hydrogens (primary N) is 1. The summed E-state index contributed by atoms with van der Waals surface area (Å²) in [5, 5.41) is 0. The summed E-state index contributed by atoms with van der Waals surface area (Å²) in [4.78, 5) is 0. The summed E-state index contributed by atoms with van der Waals surface area (Å²) in [7, 11) is 0. The molecular weight excluding hydrogens is 182 g/mol. The highest BCUT2D eigenvalue weighted by Gasteiger charge is 2.01. The highest BCUT2D eigenvalue weighted by molar-refractivity contribution is 5.74. The van der Waals surface area contributed by atoms with E-state index >= 15 is 0 Å². The van der Waals surface area contributed by atoms with Crippen molar-refractivity contribution in [1.82, 2.24) is 0 Å². The van der Waals surface area contributed by atoms with Crippen molar-refractivity contribution in [2.45, 2.75) is 39.5 Å². The first-order chi connectivity index (χ1) is 7.29. The van der Waals surface area contributed by atoms with Crippen molar-refractivity contribution in [3.63, 3.8) is 0 Å². The molecule has 0 saturated carbocycles. The van der Waals surface area contributed by atoms with Crippen LogP contribution in [-0.4, -0.2) is 0 Å². The molecule has 0 fully saturated rings. The van der Waals surface area contributed by atoms with E-state index in [1.165, 1.54) is 24.0 Å². The van der Waals surface area contributed by atoms with E-state index in [0.717, 1.165) is 18.5 Å².